The van der Waals surface area contributed by atoms with Gasteiger partial charge in [-0.1, -0.05) is 66.7 Å². The van der Waals surface area contributed by atoms with E-state index in [-0.39, 0.29) is 28.2 Å². The molecular formula is C20H28FeO. The molecule has 0 saturated carbocycles. The summed E-state index contributed by atoms with van der Waals surface area (Å²) in [6.07, 6.45) is 5.89. The molecule has 0 spiro atoms. The van der Waals surface area contributed by atoms with Crippen molar-refractivity contribution in [3.05, 3.63) is 65.0 Å². The average Bonchev–Trinajstić information content (AvgIpc) is 3.00. The Bertz CT molecular complexity index is 540. The van der Waals surface area contributed by atoms with Gasteiger partial charge in [-0.15, -0.1) is 5.76 Å². The fraction of sp³-hybridized carbons (Fsp3) is 0.450. The van der Waals surface area contributed by atoms with Crippen LogP contribution in [0.2, 0.25) is 0 Å². The van der Waals surface area contributed by atoms with E-state index in [0.717, 1.165) is 5.57 Å². The summed E-state index contributed by atoms with van der Waals surface area (Å²) in [5.74, 6) is 0.144. The summed E-state index contributed by atoms with van der Waals surface area (Å²) in [6.45, 7) is 14.7. The van der Waals surface area contributed by atoms with Crippen molar-refractivity contribution >= 4 is 0 Å². The molecule has 0 aromatic heterocycles. The van der Waals surface area contributed by atoms with Gasteiger partial charge in [-0.25, -0.2) is 12.1 Å². The molecule has 2 heteroatoms. The van der Waals surface area contributed by atoms with E-state index < -0.39 is 0 Å². The second-order valence-electron chi connectivity index (χ2n) is 7.62. The van der Waals surface area contributed by atoms with Gasteiger partial charge in [-0.05, 0) is 22.0 Å². The zero-order chi connectivity index (χ0) is 16.3. The Morgan fingerprint density at radius 3 is 1.82 bits per heavy atom. The third-order valence-corrected chi connectivity index (χ3v) is 3.55. The quantitative estimate of drug-likeness (QED) is 0.376. The van der Waals surface area contributed by atoms with Gasteiger partial charge in [0, 0.05) is 0 Å². The van der Waals surface area contributed by atoms with Crippen LogP contribution in [0.15, 0.2) is 59.4 Å². The van der Waals surface area contributed by atoms with Crippen LogP contribution in [0.25, 0.3) is 0 Å². The molecule has 0 radical (unpaired) electrons. The molecule has 0 aliphatic heterocycles. The van der Waals surface area contributed by atoms with Crippen LogP contribution in [0.3, 0.4) is 0 Å². The van der Waals surface area contributed by atoms with E-state index in [1.54, 1.807) is 6.92 Å². The minimum Gasteiger partial charge on any atom is -0.875 e. The molecule has 0 N–H and O–H groups in total. The van der Waals surface area contributed by atoms with Crippen LogP contribution in [0.5, 0.6) is 0 Å². The van der Waals surface area contributed by atoms with Crippen LogP contribution in [0.1, 0.15) is 54.0 Å². The maximum absolute atomic E-state index is 11.0. The van der Waals surface area contributed by atoms with Gasteiger partial charge in [0.25, 0.3) is 0 Å². The first-order chi connectivity index (χ1) is 9.51. The second-order valence-corrected chi connectivity index (χ2v) is 7.62. The number of rotatable bonds is 0. The zero-order valence-electron chi connectivity index (χ0n) is 14.8. The van der Waals surface area contributed by atoms with Crippen molar-refractivity contribution in [3.63, 3.8) is 0 Å². The van der Waals surface area contributed by atoms with Crippen LogP contribution in [-0.2, 0) is 22.5 Å². The fourth-order valence-corrected chi connectivity index (χ4v) is 2.00. The van der Waals surface area contributed by atoms with Gasteiger partial charge in [-0.2, -0.15) is 17.7 Å². The van der Waals surface area contributed by atoms with Gasteiger partial charge in [0.1, 0.15) is 0 Å². The third-order valence-electron chi connectivity index (χ3n) is 3.55. The second kappa shape index (κ2) is 7.94. The molecule has 0 amide bonds. The maximum atomic E-state index is 11.0. The summed E-state index contributed by atoms with van der Waals surface area (Å²) in [5, 5.41) is 11.0. The Balaban J connectivity index is 0.000000397. The van der Waals surface area contributed by atoms with Crippen molar-refractivity contribution in [3.8, 4) is 0 Å². The molecule has 0 atom stereocenters. The summed E-state index contributed by atoms with van der Waals surface area (Å²) in [6, 6.07) is 8.50. The summed E-state index contributed by atoms with van der Waals surface area (Å²) in [7, 11) is 0. The topological polar surface area (TPSA) is 23.1 Å². The van der Waals surface area contributed by atoms with Crippen molar-refractivity contribution in [1.29, 1.82) is 0 Å². The van der Waals surface area contributed by atoms with Gasteiger partial charge in [0.15, 0.2) is 0 Å². The Hall–Kier alpha value is -1.11. The van der Waals surface area contributed by atoms with E-state index in [1.165, 1.54) is 11.1 Å². The normalized spacial score (nSPS) is 16.4. The van der Waals surface area contributed by atoms with Crippen LogP contribution >= 0.6 is 0 Å². The molecule has 0 heterocycles. The minimum absolute atomic E-state index is 0. The molecule has 1 aliphatic rings. The van der Waals surface area contributed by atoms with Crippen molar-refractivity contribution in [2.45, 2.75) is 53.9 Å². The summed E-state index contributed by atoms with van der Waals surface area (Å²) in [4.78, 5) is 0. The van der Waals surface area contributed by atoms with E-state index in [1.807, 2.05) is 18.2 Å². The van der Waals surface area contributed by atoms with Gasteiger partial charge in [-0.3, -0.25) is 0 Å². The first-order valence-corrected chi connectivity index (χ1v) is 7.52. The first kappa shape index (κ1) is 20.9. The smallest absolute Gasteiger partial charge is 0.875 e. The van der Waals surface area contributed by atoms with Crippen LogP contribution in [0, 0.1) is 5.41 Å². The van der Waals surface area contributed by atoms with Crippen molar-refractivity contribution in [2.75, 3.05) is 0 Å². The molecule has 0 fully saturated rings. The van der Waals surface area contributed by atoms with Crippen LogP contribution in [-0.4, -0.2) is 0 Å². The van der Waals surface area contributed by atoms with Crippen molar-refractivity contribution in [2.24, 2.45) is 5.41 Å². The van der Waals surface area contributed by atoms with E-state index >= 15 is 0 Å². The largest absolute Gasteiger partial charge is 2.00 e. The fourth-order valence-electron chi connectivity index (χ4n) is 2.00. The zero-order valence-corrected chi connectivity index (χ0v) is 15.9. The van der Waals surface area contributed by atoms with E-state index in [9.17, 15) is 5.11 Å². The molecule has 122 valence electrons. The van der Waals surface area contributed by atoms with Gasteiger partial charge in [0.05, 0.1) is 0 Å². The molecule has 2 rings (SSSR count). The standard InChI is InChI=1S/C11H16O.C9H13.Fe/c1-8(12)9-5-6-10(7-9)11(2,3)4;1-9(2,3)8-6-4-5-7-8;/h5-7,12H,1-4H3;4-7H,1-3H3;/q;-1;+2/p-1. The van der Waals surface area contributed by atoms with Crippen LogP contribution in [0.4, 0.5) is 0 Å². The Morgan fingerprint density at radius 1 is 1.00 bits per heavy atom. The molecule has 1 aromatic carbocycles. The molecule has 1 nitrogen and oxygen atoms in total. The number of hydrogen-bond acceptors (Lipinski definition) is 1. The molecular weight excluding hydrogens is 312 g/mol. The Labute approximate surface area is 146 Å². The molecule has 0 saturated heterocycles. The van der Waals surface area contributed by atoms with E-state index in [2.05, 4.69) is 65.8 Å². The first-order valence-electron chi connectivity index (χ1n) is 7.52. The summed E-state index contributed by atoms with van der Waals surface area (Å²) < 4.78 is 0. The van der Waals surface area contributed by atoms with Gasteiger partial charge >= 0.3 is 17.1 Å². The number of allylic oxidation sites excluding steroid dienone is 6. The van der Waals surface area contributed by atoms with Gasteiger partial charge < -0.3 is 5.11 Å². The maximum Gasteiger partial charge on any atom is 2.00 e. The van der Waals surface area contributed by atoms with E-state index in [4.69, 9.17) is 0 Å². The predicted molar refractivity (Wildman–Crippen MR) is 90.1 cm³/mol. The number of hydrogen-bond donors (Lipinski definition) is 0. The molecule has 0 bridgehead atoms. The molecule has 1 aliphatic carbocycles. The molecule has 1 aromatic rings. The Kier molecular flexibility index (Phi) is 7.54. The molecule has 0 unspecified atom stereocenters. The monoisotopic (exact) mass is 340 g/mol. The van der Waals surface area contributed by atoms with Crippen LogP contribution < -0.4 is 5.11 Å². The average molecular weight is 340 g/mol. The third kappa shape index (κ3) is 6.34. The SMILES string of the molecule is CC(C)(C)c1ccc[cH-]1.CC([O-])=C1C=CC(C(C)(C)C)=C1.[Fe+2]. The van der Waals surface area contributed by atoms with Crippen molar-refractivity contribution in [1.82, 2.24) is 0 Å². The minimum atomic E-state index is 0. The van der Waals surface area contributed by atoms with E-state index in [0.29, 0.717) is 5.41 Å². The molecule has 22 heavy (non-hydrogen) atoms. The Morgan fingerprint density at radius 2 is 1.59 bits per heavy atom. The predicted octanol–water partition coefficient (Wildman–Crippen LogP) is 4.86. The van der Waals surface area contributed by atoms with Gasteiger partial charge in [0.2, 0.25) is 0 Å². The summed E-state index contributed by atoms with van der Waals surface area (Å²) in [5.41, 5.74) is 3.94. The van der Waals surface area contributed by atoms with Crippen molar-refractivity contribution < 1.29 is 22.2 Å². The summed E-state index contributed by atoms with van der Waals surface area (Å²) >= 11 is 0.